The van der Waals surface area contributed by atoms with Gasteiger partial charge in [-0.05, 0) is 44.9 Å². The van der Waals surface area contributed by atoms with Gasteiger partial charge in [0.1, 0.15) is 0 Å². The molecule has 0 spiro atoms. The highest BCUT2D eigenvalue weighted by atomic mass is 16.1. The van der Waals surface area contributed by atoms with Gasteiger partial charge in [0.15, 0.2) is 0 Å². The first-order valence-electron chi connectivity index (χ1n) is 8.09. The van der Waals surface area contributed by atoms with Crippen LogP contribution < -0.4 is 15.5 Å². The summed E-state index contributed by atoms with van der Waals surface area (Å²) < 4.78 is 0. The minimum atomic E-state index is 0.162. The van der Waals surface area contributed by atoms with Gasteiger partial charge < -0.3 is 15.5 Å². The Kier molecular flexibility index (Phi) is 6.54. The second kappa shape index (κ2) is 8.67. The summed E-state index contributed by atoms with van der Waals surface area (Å²) in [4.78, 5) is 14.4. The number of benzene rings is 1. The second-order valence-corrected chi connectivity index (χ2v) is 5.60. The van der Waals surface area contributed by atoms with Gasteiger partial charge in [0.25, 0.3) is 0 Å². The third-order valence-corrected chi connectivity index (χ3v) is 4.07. The number of carbonyl (C=O) groups is 1. The van der Waals surface area contributed by atoms with Crippen molar-refractivity contribution in [3.05, 3.63) is 30.3 Å². The van der Waals surface area contributed by atoms with Crippen molar-refractivity contribution >= 4 is 11.6 Å². The average Bonchev–Trinajstić information content (AvgIpc) is 2.56. The number of hydrogen-bond donors (Lipinski definition) is 2. The Morgan fingerprint density at radius 1 is 1.38 bits per heavy atom. The molecule has 0 radical (unpaired) electrons. The number of nitrogens with zero attached hydrogens (tertiary/aromatic N) is 1. The lowest BCUT2D eigenvalue weighted by Crippen LogP contribution is -2.41. The molecule has 0 bridgehead atoms. The third-order valence-electron chi connectivity index (χ3n) is 4.07. The Bertz CT molecular complexity index is 415. The van der Waals surface area contributed by atoms with Gasteiger partial charge in [0.2, 0.25) is 5.91 Å². The first-order chi connectivity index (χ1) is 10.3. The van der Waals surface area contributed by atoms with Crippen LogP contribution in [0.3, 0.4) is 0 Å². The maximum Gasteiger partial charge on any atom is 0.224 e. The molecule has 4 heteroatoms. The van der Waals surface area contributed by atoms with Crippen LogP contribution in [0.5, 0.6) is 0 Å². The summed E-state index contributed by atoms with van der Waals surface area (Å²) >= 11 is 0. The fourth-order valence-corrected chi connectivity index (χ4v) is 2.81. The van der Waals surface area contributed by atoms with Crippen molar-refractivity contribution in [1.82, 2.24) is 10.6 Å². The average molecular weight is 289 g/mol. The zero-order valence-electron chi connectivity index (χ0n) is 13.0. The summed E-state index contributed by atoms with van der Waals surface area (Å²) in [7, 11) is 0. The predicted molar refractivity (Wildman–Crippen MR) is 87.5 cm³/mol. The minimum absolute atomic E-state index is 0.162. The predicted octanol–water partition coefficient (Wildman–Crippen LogP) is 2.02. The molecule has 1 saturated heterocycles. The summed E-state index contributed by atoms with van der Waals surface area (Å²) in [6, 6.07) is 10.4. The van der Waals surface area contributed by atoms with Gasteiger partial charge in [0, 0.05) is 31.9 Å². The van der Waals surface area contributed by atoms with Crippen LogP contribution in [-0.4, -0.2) is 38.6 Å². The quantitative estimate of drug-likeness (QED) is 0.755. The molecule has 2 N–H and O–H groups in total. The van der Waals surface area contributed by atoms with E-state index >= 15 is 0 Å². The van der Waals surface area contributed by atoms with Gasteiger partial charge in [-0.25, -0.2) is 0 Å². The molecule has 0 aliphatic carbocycles. The number of amides is 1. The molecular formula is C17H27N3O. The Morgan fingerprint density at radius 2 is 2.19 bits per heavy atom. The largest absolute Gasteiger partial charge is 0.372 e. The molecule has 1 atom stereocenters. The molecule has 1 aromatic carbocycles. The van der Waals surface area contributed by atoms with Crippen molar-refractivity contribution < 1.29 is 4.79 Å². The molecule has 1 fully saturated rings. The molecule has 2 rings (SSSR count). The standard InChI is InChI=1S/C17H27N3O/c1-2-20(16-9-4-3-5-10-16)13-7-12-19-17(21)15-8-6-11-18-14-15/h3-5,9-10,15,18H,2,6-8,11-14H2,1H3,(H,19,21). The lowest BCUT2D eigenvalue weighted by Gasteiger charge is -2.24. The molecule has 1 amide bonds. The normalized spacial score (nSPS) is 18.2. The number of nitrogens with one attached hydrogen (secondary N) is 2. The number of carbonyl (C=O) groups excluding carboxylic acids is 1. The van der Waals surface area contributed by atoms with E-state index in [1.807, 2.05) is 6.07 Å². The summed E-state index contributed by atoms with van der Waals surface area (Å²) in [5.74, 6) is 0.375. The molecule has 1 aliphatic rings. The Hall–Kier alpha value is -1.55. The monoisotopic (exact) mass is 289 g/mol. The van der Waals surface area contributed by atoms with E-state index in [-0.39, 0.29) is 11.8 Å². The maximum atomic E-state index is 12.0. The van der Waals surface area contributed by atoms with Crippen LogP contribution in [0, 0.1) is 5.92 Å². The topological polar surface area (TPSA) is 44.4 Å². The summed E-state index contributed by atoms with van der Waals surface area (Å²) in [6.45, 7) is 6.77. The molecule has 1 aromatic rings. The number of rotatable bonds is 7. The smallest absolute Gasteiger partial charge is 0.224 e. The highest BCUT2D eigenvalue weighted by Gasteiger charge is 2.20. The van der Waals surface area contributed by atoms with Crippen LogP contribution in [0.2, 0.25) is 0 Å². The fraction of sp³-hybridized carbons (Fsp3) is 0.588. The molecule has 116 valence electrons. The van der Waals surface area contributed by atoms with Crippen LogP contribution in [0.1, 0.15) is 26.2 Å². The molecule has 21 heavy (non-hydrogen) atoms. The van der Waals surface area contributed by atoms with E-state index in [0.29, 0.717) is 0 Å². The van der Waals surface area contributed by atoms with Gasteiger partial charge >= 0.3 is 0 Å². The van der Waals surface area contributed by atoms with E-state index in [4.69, 9.17) is 0 Å². The van der Waals surface area contributed by atoms with Crippen molar-refractivity contribution in [3.63, 3.8) is 0 Å². The Balaban J connectivity index is 1.67. The van der Waals surface area contributed by atoms with E-state index in [2.05, 4.69) is 46.7 Å². The number of hydrogen-bond acceptors (Lipinski definition) is 3. The molecule has 1 heterocycles. The molecule has 0 aromatic heterocycles. The highest BCUT2D eigenvalue weighted by Crippen LogP contribution is 2.13. The number of piperidine rings is 1. The molecule has 0 saturated carbocycles. The number of anilines is 1. The summed E-state index contributed by atoms with van der Waals surface area (Å²) in [6.07, 6.45) is 3.11. The van der Waals surface area contributed by atoms with Gasteiger partial charge in [0.05, 0.1) is 5.92 Å². The van der Waals surface area contributed by atoms with Crippen LogP contribution in [0.4, 0.5) is 5.69 Å². The van der Waals surface area contributed by atoms with Crippen LogP contribution in [-0.2, 0) is 4.79 Å². The van der Waals surface area contributed by atoms with Crippen molar-refractivity contribution in [1.29, 1.82) is 0 Å². The summed E-state index contributed by atoms with van der Waals surface area (Å²) in [5.41, 5.74) is 1.25. The Morgan fingerprint density at radius 3 is 2.86 bits per heavy atom. The van der Waals surface area contributed by atoms with Crippen molar-refractivity contribution in [3.8, 4) is 0 Å². The molecule has 1 aliphatic heterocycles. The zero-order chi connectivity index (χ0) is 14.9. The van der Waals surface area contributed by atoms with E-state index in [0.717, 1.165) is 52.0 Å². The lowest BCUT2D eigenvalue weighted by atomic mass is 9.99. The zero-order valence-corrected chi connectivity index (χ0v) is 13.0. The van der Waals surface area contributed by atoms with Crippen molar-refractivity contribution in [2.45, 2.75) is 26.2 Å². The molecule has 1 unspecified atom stereocenters. The first kappa shape index (κ1) is 15.8. The fourth-order valence-electron chi connectivity index (χ4n) is 2.81. The minimum Gasteiger partial charge on any atom is -0.372 e. The third kappa shape index (κ3) is 5.05. The van der Waals surface area contributed by atoms with E-state index < -0.39 is 0 Å². The van der Waals surface area contributed by atoms with Crippen LogP contribution in [0.25, 0.3) is 0 Å². The van der Waals surface area contributed by atoms with Crippen molar-refractivity contribution in [2.75, 3.05) is 37.6 Å². The van der Waals surface area contributed by atoms with E-state index in [9.17, 15) is 4.79 Å². The lowest BCUT2D eigenvalue weighted by molar-refractivity contribution is -0.125. The van der Waals surface area contributed by atoms with E-state index in [1.54, 1.807) is 0 Å². The van der Waals surface area contributed by atoms with Gasteiger partial charge in [-0.1, -0.05) is 18.2 Å². The maximum absolute atomic E-state index is 12.0. The van der Waals surface area contributed by atoms with E-state index in [1.165, 1.54) is 5.69 Å². The van der Waals surface area contributed by atoms with Crippen LogP contribution >= 0.6 is 0 Å². The highest BCUT2D eigenvalue weighted by molar-refractivity contribution is 5.78. The second-order valence-electron chi connectivity index (χ2n) is 5.60. The molecule has 4 nitrogen and oxygen atoms in total. The first-order valence-corrected chi connectivity index (χ1v) is 8.09. The van der Waals surface area contributed by atoms with Gasteiger partial charge in [-0.15, -0.1) is 0 Å². The van der Waals surface area contributed by atoms with Gasteiger partial charge in [-0.2, -0.15) is 0 Å². The number of para-hydroxylation sites is 1. The summed E-state index contributed by atoms with van der Waals surface area (Å²) in [5, 5.41) is 6.36. The Labute approximate surface area is 127 Å². The van der Waals surface area contributed by atoms with Gasteiger partial charge in [-0.3, -0.25) is 4.79 Å². The van der Waals surface area contributed by atoms with Crippen LogP contribution in [0.15, 0.2) is 30.3 Å². The van der Waals surface area contributed by atoms with Crippen molar-refractivity contribution in [2.24, 2.45) is 5.92 Å². The molecular weight excluding hydrogens is 262 g/mol. The SMILES string of the molecule is CCN(CCCNC(=O)C1CCCNC1)c1ccccc1.